The second kappa shape index (κ2) is 8.53. The first kappa shape index (κ1) is 21.9. The smallest absolute Gasteiger partial charge is 0.399 e. The van der Waals surface area contributed by atoms with Crippen LogP contribution in [-0.4, -0.2) is 18.3 Å². The first-order valence-corrected chi connectivity index (χ1v) is 17.4. The molecule has 0 aromatic heterocycles. The predicted molar refractivity (Wildman–Crippen MR) is 142 cm³/mol. The molecule has 0 aliphatic carbocycles. The van der Waals surface area contributed by atoms with E-state index in [1.165, 1.54) is 0 Å². The number of rotatable bonds is 2. The topological polar surface area (TPSA) is 18.5 Å². The lowest BCUT2D eigenvalue weighted by Crippen LogP contribution is -2.41. The molecular weight excluding hydrogens is 703 g/mol. The largest absolute Gasteiger partial charge is 0.495 e. The van der Waals surface area contributed by atoms with E-state index in [1.807, 2.05) is 0 Å². The number of hydrogen-bond acceptors (Lipinski definition) is 3. The first-order chi connectivity index (χ1) is 12.1. The number of benzene rings is 2. The van der Waals surface area contributed by atoms with E-state index in [0.29, 0.717) is 0 Å². The Hall–Kier alpha value is 1.21. The molecule has 0 saturated carbocycles. The standard InChI is InChI=1S/C18H17BI3O2PS/c1-17(2)18(3,4)24-19(23-17)14-7-5-6-12-8-9-15(20)13(16(12)14)10-11-26-25(21)22/h5-9H,1-4H3. The van der Waals surface area contributed by atoms with Gasteiger partial charge < -0.3 is 9.31 Å². The van der Waals surface area contributed by atoms with Crippen molar-refractivity contribution in [2.45, 2.75) is 38.9 Å². The van der Waals surface area contributed by atoms with Gasteiger partial charge in [0.2, 0.25) is 0 Å². The highest BCUT2D eigenvalue weighted by molar-refractivity contribution is 14.3. The molecule has 0 unspecified atom stereocenters. The molecule has 1 fully saturated rings. The van der Waals surface area contributed by atoms with Gasteiger partial charge in [0.05, 0.1) is 13.6 Å². The van der Waals surface area contributed by atoms with Crippen LogP contribution >= 0.6 is 80.5 Å². The van der Waals surface area contributed by atoms with Crippen molar-refractivity contribution in [3.63, 3.8) is 0 Å². The minimum Gasteiger partial charge on any atom is -0.399 e. The second-order valence-corrected chi connectivity index (χ2v) is 25.8. The van der Waals surface area contributed by atoms with Crippen molar-refractivity contribution in [2.24, 2.45) is 0 Å². The van der Waals surface area contributed by atoms with Crippen LogP contribution in [0.25, 0.3) is 10.8 Å². The fourth-order valence-corrected chi connectivity index (χ4v) is 5.70. The van der Waals surface area contributed by atoms with Crippen LogP contribution < -0.4 is 5.46 Å². The molecule has 0 amide bonds. The maximum atomic E-state index is 6.32. The van der Waals surface area contributed by atoms with Gasteiger partial charge in [-0.3, -0.25) is 0 Å². The third kappa shape index (κ3) is 4.52. The maximum absolute atomic E-state index is 6.32. The van der Waals surface area contributed by atoms with Gasteiger partial charge in [0.1, 0.15) is 0 Å². The van der Waals surface area contributed by atoms with Crippen molar-refractivity contribution in [1.82, 2.24) is 0 Å². The van der Waals surface area contributed by atoms with Crippen LogP contribution in [0.3, 0.4) is 0 Å². The zero-order valence-corrected chi connectivity index (χ0v) is 23.0. The molecule has 8 heteroatoms. The van der Waals surface area contributed by atoms with E-state index in [1.54, 1.807) is 11.4 Å². The number of hydrogen-bond donors (Lipinski definition) is 0. The van der Waals surface area contributed by atoms with E-state index in [-0.39, 0.29) is 20.7 Å². The molecule has 3 rings (SSSR count). The van der Waals surface area contributed by atoms with Crippen LogP contribution in [-0.2, 0) is 9.31 Å². The molecule has 26 heavy (non-hydrogen) atoms. The minimum absolute atomic E-state index is 0.160. The van der Waals surface area contributed by atoms with Crippen molar-refractivity contribution in [2.75, 3.05) is 0 Å². The summed E-state index contributed by atoms with van der Waals surface area (Å²) < 4.78 is 13.6. The van der Waals surface area contributed by atoms with Gasteiger partial charge in [0, 0.05) is 9.13 Å². The van der Waals surface area contributed by atoms with E-state index in [0.717, 1.165) is 25.4 Å². The average molecular weight is 720 g/mol. The van der Waals surface area contributed by atoms with Crippen molar-refractivity contribution in [3.8, 4) is 11.2 Å². The van der Waals surface area contributed by atoms with Gasteiger partial charge in [-0.2, -0.15) is 0 Å². The highest BCUT2D eigenvalue weighted by Crippen LogP contribution is 2.64. The van der Waals surface area contributed by atoms with Crippen LogP contribution in [0.5, 0.6) is 0 Å². The monoisotopic (exact) mass is 720 g/mol. The van der Waals surface area contributed by atoms with Crippen LogP contribution in [0, 0.1) is 14.7 Å². The molecule has 0 N–H and O–H groups in total. The molecule has 2 aromatic rings. The first-order valence-electron chi connectivity index (χ1n) is 7.99. The molecule has 1 heterocycles. The Morgan fingerprint density at radius 3 is 2.31 bits per heavy atom. The van der Waals surface area contributed by atoms with E-state index >= 15 is 0 Å². The predicted octanol–water partition coefficient (Wildman–Crippen LogP) is 6.88. The van der Waals surface area contributed by atoms with Gasteiger partial charge in [0.15, 0.2) is 0 Å². The Balaban J connectivity index is 2.15. The molecule has 1 aliphatic heterocycles. The van der Waals surface area contributed by atoms with Gasteiger partial charge in [0.25, 0.3) is 0 Å². The third-order valence-electron chi connectivity index (χ3n) is 4.82. The lowest BCUT2D eigenvalue weighted by atomic mass is 9.75. The van der Waals surface area contributed by atoms with Gasteiger partial charge in [-0.15, -0.1) is 0 Å². The van der Waals surface area contributed by atoms with Gasteiger partial charge >= 0.3 is 7.12 Å². The second-order valence-electron chi connectivity index (χ2n) is 6.98. The van der Waals surface area contributed by atoms with Gasteiger partial charge in [-0.25, -0.2) is 0 Å². The van der Waals surface area contributed by atoms with Gasteiger partial charge in [-0.05, 0) is 133 Å². The molecule has 136 valence electrons. The zero-order chi connectivity index (χ0) is 19.1. The summed E-state index contributed by atoms with van der Waals surface area (Å²) in [6.45, 7) is 8.34. The van der Waals surface area contributed by atoms with Crippen molar-refractivity contribution in [3.05, 3.63) is 39.5 Å². The molecule has 0 bridgehead atoms. The SMILES string of the molecule is CC1(C)OB(c2cccc3ccc(I)c(C#CSP(I)I)c23)OC1(C)C. The lowest BCUT2D eigenvalue weighted by Gasteiger charge is -2.32. The van der Waals surface area contributed by atoms with Gasteiger partial charge in [-0.1, -0.05) is 30.2 Å². The van der Waals surface area contributed by atoms with E-state index in [9.17, 15) is 0 Å². The van der Waals surface area contributed by atoms with Crippen LogP contribution in [0.4, 0.5) is 0 Å². The lowest BCUT2D eigenvalue weighted by molar-refractivity contribution is 0.00578. The summed E-state index contributed by atoms with van der Waals surface area (Å²) in [5, 5.41) is 5.58. The Morgan fingerprint density at radius 2 is 1.69 bits per heavy atom. The van der Waals surface area contributed by atoms with Crippen LogP contribution in [0.15, 0.2) is 30.3 Å². The zero-order valence-electron chi connectivity index (χ0n) is 14.8. The average Bonchev–Trinajstić information content (AvgIpc) is 2.76. The summed E-state index contributed by atoms with van der Waals surface area (Å²) in [6.07, 6.45) is 0. The fourth-order valence-electron chi connectivity index (χ4n) is 2.78. The summed E-state index contributed by atoms with van der Waals surface area (Å²) in [5.74, 6) is 3.39. The van der Waals surface area contributed by atoms with E-state index < -0.39 is 0 Å². The molecule has 2 nitrogen and oxygen atoms in total. The summed E-state index contributed by atoms with van der Waals surface area (Å²) in [5.41, 5.74) is 1.40. The Morgan fingerprint density at radius 1 is 1.04 bits per heavy atom. The highest BCUT2D eigenvalue weighted by Gasteiger charge is 2.52. The molecule has 0 atom stereocenters. The minimum atomic E-state index is -0.388. The van der Waals surface area contributed by atoms with Crippen LogP contribution in [0.1, 0.15) is 33.3 Å². The highest BCUT2D eigenvalue weighted by atomic mass is 127. The Bertz CT molecular complexity index is 892. The summed E-state index contributed by atoms with van der Waals surface area (Å²) in [4.78, 5) is 0. The Labute approximate surface area is 200 Å². The molecule has 0 radical (unpaired) electrons. The van der Waals surface area contributed by atoms with E-state index in [4.69, 9.17) is 9.31 Å². The summed E-state index contributed by atoms with van der Waals surface area (Å²) in [7, 11) is -0.388. The summed E-state index contributed by atoms with van der Waals surface area (Å²) >= 11 is 8.91. The van der Waals surface area contributed by atoms with Crippen molar-refractivity contribution >= 4 is 104 Å². The number of fused-ring (bicyclic) bond motifs is 1. The Kier molecular flexibility index (Phi) is 7.19. The molecule has 1 aliphatic rings. The van der Waals surface area contributed by atoms with Crippen molar-refractivity contribution in [1.29, 1.82) is 0 Å². The normalized spacial score (nSPS) is 18.2. The maximum Gasteiger partial charge on any atom is 0.495 e. The molecule has 2 aromatic carbocycles. The number of halogens is 3. The molecule has 0 spiro atoms. The summed E-state index contributed by atoms with van der Waals surface area (Å²) in [6, 6.07) is 10.6. The molecular formula is C18H17BI3O2PS. The fraction of sp³-hybridized carbons (Fsp3) is 0.333. The van der Waals surface area contributed by atoms with Crippen LogP contribution in [0.2, 0.25) is 0 Å². The van der Waals surface area contributed by atoms with Crippen molar-refractivity contribution < 1.29 is 9.31 Å². The molecule has 1 saturated heterocycles. The van der Waals surface area contributed by atoms with E-state index in [2.05, 4.69) is 136 Å². The third-order valence-corrected chi connectivity index (χ3v) is 10.3. The quantitative estimate of drug-likeness (QED) is 0.146.